The molecule has 1 unspecified atom stereocenters. The lowest BCUT2D eigenvalue weighted by atomic mass is 10.0. The van der Waals surface area contributed by atoms with Crippen LogP contribution in [0.1, 0.15) is 25.0 Å². The third-order valence-electron chi connectivity index (χ3n) is 5.19. The van der Waals surface area contributed by atoms with Crippen molar-refractivity contribution in [1.82, 2.24) is 9.78 Å². The second-order valence-corrected chi connectivity index (χ2v) is 7.24. The van der Waals surface area contributed by atoms with Crippen molar-refractivity contribution in [3.05, 3.63) is 96.7 Å². The molecule has 1 aromatic heterocycles. The standard InChI is InChI=1S/C26H24N3O2/c1-3-24(22-12-8-5-9-13-22)31-26(30)28-25-23(18-27-29(25)2)21-16-14-20(15-17-21)19-10-6-4-7-11-19/h4-6,8-18,24H,3H2,1-2H3,(H,28,30). The number of nitrogens with one attached hydrogen (secondary N) is 1. The highest BCUT2D eigenvalue weighted by atomic mass is 16.6. The molecule has 5 nitrogen and oxygen atoms in total. The van der Waals surface area contributed by atoms with Crippen LogP contribution in [0, 0.1) is 6.07 Å². The topological polar surface area (TPSA) is 56.1 Å². The minimum atomic E-state index is -0.503. The van der Waals surface area contributed by atoms with Crippen LogP contribution in [0.15, 0.2) is 85.1 Å². The summed E-state index contributed by atoms with van der Waals surface area (Å²) in [7, 11) is 1.79. The van der Waals surface area contributed by atoms with Gasteiger partial charge in [-0.2, -0.15) is 5.10 Å². The minimum Gasteiger partial charge on any atom is -0.441 e. The van der Waals surface area contributed by atoms with E-state index in [0.717, 1.165) is 27.8 Å². The molecule has 0 bridgehead atoms. The molecule has 155 valence electrons. The van der Waals surface area contributed by atoms with Crippen molar-refractivity contribution in [2.75, 3.05) is 5.32 Å². The van der Waals surface area contributed by atoms with Crippen LogP contribution in [0.3, 0.4) is 0 Å². The number of aryl methyl sites for hydroxylation is 1. The van der Waals surface area contributed by atoms with E-state index >= 15 is 0 Å². The average Bonchev–Trinajstić information content (AvgIpc) is 3.18. The summed E-state index contributed by atoms with van der Waals surface area (Å²) in [6, 6.07) is 28.9. The number of aromatic nitrogens is 2. The lowest BCUT2D eigenvalue weighted by Crippen LogP contribution is -2.19. The van der Waals surface area contributed by atoms with Gasteiger partial charge in [0.15, 0.2) is 0 Å². The van der Waals surface area contributed by atoms with Crippen LogP contribution >= 0.6 is 0 Å². The van der Waals surface area contributed by atoms with Gasteiger partial charge in [0.25, 0.3) is 0 Å². The molecule has 0 spiro atoms. The van der Waals surface area contributed by atoms with Crippen LogP contribution in [-0.4, -0.2) is 15.9 Å². The molecule has 0 saturated heterocycles. The highest BCUT2D eigenvalue weighted by Crippen LogP contribution is 2.30. The molecule has 0 fully saturated rings. The zero-order chi connectivity index (χ0) is 21.6. The number of nitrogens with zero attached hydrogens (tertiary/aromatic N) is 2. The highest BCUT2D eigenvalue weighted by Gasteiger charge is 2.18. The maximum Gasteiger partial charge on any atom is 0.413 e. The average molecular weight is 410 g/mol. The molecule has 0 aliphatic carbocycles. The largest absolute Gasteiger partial charge is 0.441 e. The van der Waals surface area contributed by atoms with Crippen molar-refractivity contribution in [1.29, 1.82) is 0 Å². The van der Waals surface area contributed by atoms with Crippen molar-refractivity contribution in [3.8, 4) is 22.3 Å². The Kier molecular flexibility index (Phi) is 6.13. The Morgan fingerprint density at radius 1 is 1.03 bits per heavy atom. The first-order valence-electron chi connectivity index (χ1n) is 10.3. The molecule has 1 atom stereocenters. The van der Waals surface area contributed by atoms with Gasteiger partial charge in [0.05, 0.1) is 6.20 Å². The van der Waals surface area contributed by atoms with E-state index in [-0.39, 0.29) is 6.10 Å². The molecule has 4 rings (SSSR count). The molecular formula is C26H24N3O2. The van der Waals surface area contributed by atoms with Gasteiger partial charge in [-0.05, 0) is 40.8 Å². The number of amides is 1. The van der Waals surface area contributed by atoms with E-state index in [9.17, 15) is 4.79 Å². The molecule has 1 N–H and O–H groups in total. The molecule has 0 aliphatic rings. The molecule has 0 aliphatic heterocycles. The zero-order valence-electron chi connectivity index (χ0n) is 17.6. The van der Waals surface area contributed by atoms with Gasteiger partial charge < -0.3 is 4.74 Å². The first-order valence-corrected chi connectivity index (χ1v) is 10.3. The van der Waals surface area contributed by atoms with Crippen LogP contribution in [0.2, 0.25) is 0 Å². The Morgan fingerprint density at radius 2 is 1.77 bits per heavy atom. The molecule has 4 aromatic rings. The summed E-state index contributed by atoms with van der Waals surface area (Å²) in [5.74, 6) is 0.591. The van der Waals surface area contributed by atoms with Crippen molar-refractivity contribution in [3.63, 3.8) is 0 Å². The van der Waals surface area contributed by atoms with E-state index in [2.05, 4.69) is 34.7 Å². The third-order valence-corrected chi connectivity index (χ3v) is 5.19. The first-order chi connectivity index (χ1) is 15.2. The molecule has 1 amide bonds. The number of hydrogen-bond acceptors (Lipinski definition) is 3. The minimum absolute atomic E-state index is 0.306. The van der Waals surface area contributed by atoms with E-state index in [4.69, 9.17) is 4.74 Å². The number of benzene rings is 3. The molecule has 1 heterocycles. The van der Waals surface area contributed by atoms with Crippen LogP contribution < -0.4 is 5.32 Å². The summed E-state index contributed by atoms with van der Waals surface area (Å²) in [5, 5.41) is 7.20. The Morgan fingerprint density at radius 3 is 2.45 bits per heavy atom. The van der Waals surface area contributed by atoms with Crippen molar-refractivity contribution in [2.45, 2.75) is 19.4 Å². The van der Waals surface area contributed by atoms with Crippen molar-refractivity contribution in [2.24, 2.45) is 7.05 Å². The Bertz CT molecular complexity index is 1140. The predicted molar refractivity (Wildman–Crippen MR) is 122 cm³/mol. The molecular weight excluding hydrogens is 386 g/mol. The Labute approximate surface area is 182 Å². The fourth-order valence-electron chi connectivity index (χ4n) is 3.52. The smallest absolute Gasteiger partial charge is 0.413 e. The van der Waals surface area contributed by atoms with Gasteiger partial charge in [0.1, 0.15) is 11.9 Å². The maximum absolute atomic E-state index is 12.7. The number of carbonyl (C=O) groups is 1. The van der Waals surface area contributed by atoms with E-state index in [1.807, 2.05) is 67.6 Å². The fourth-order valence-corrected chi connectivity index (χ4v) is 3.52. The second kappa shape index (κ2) is 9.30. The quantitative estimate of drug-likeness (QED) is 0.408. The van der Waals surface area contributed by atoms with E-state index in [1.54, 1.807) is 17.9 Å². The van der Waals surface area contributed by atoms with Gasteiger partial charge in [-0.25, -0.2) is 4.79 Å². The molecule has 1 radical (unpaired) electrons. The highest BCUT2D eigenvalue weighted by molar-refractivity contribution is 5.90. The maximum atomic E-state index is 12.7. The van der Waals surface area contributed by atoms with Gasteiger partial charge in [-0.3, -0.25) is 10.00 Å². The Hall–Kier alpha value is -3.86. The van der Waals surface area contributed by atoms with E-state index in [0.29, 0.717) is 12.2 Å². The van der Waals surface area contributed by atoms with Crippen molar-refractivity contribution < 1.29 is 9.53 Å². The van der Waals surface area contributed by atoms with Gasteiger partial charge in [-0.15, -0.1) is 0 Å². The lowest BCUT2D eigenvalue weighted by Gasteiger charge is -2.17. The summed E-state index contributed by atoms with van der Waals surface area (Å²) in [4.78, 5) is 12.7. The molecule has 31 heavy (non-hydrogen) atoms. The molecule has 0 saturated carbocycles. The molecule has 5 heteroatoms. The summed E-state index contributed by atoms with van der Waals surface area (Å²) in [6.45, 7) is 1.99. The van der Waals surface area contributed by atoms with Gasteiger partial charge >= 0.3 is 6.09 Å². The zero-order valence-corrected chi connectivity index (χ0v) is 17.6. The van der Waals surface area contributed by atoms with Gasteiger partial charge in [0, 0.05) is 12.6 Å². The first kappa shape index (κ1) is 20.4. The number of rotatable bonds is 6. The van der Waals surface area contributed by atoms with E-state index < -0.39 is 6.09 Å². The fraction of sp³-hybridized carbons (Fsp3) is 0.154. The summed E-state index contributed by atoms with van der Waals surface area (Å²) < 4.78 is 7.33. The predicted octanol–water partition coefficient (Wildman–Crippen LogP) is 6.25. The normalized spacial score (nSPS) is 11.7. The lowest BCUT2D eigenvalue weighted by molar-refractivity contribution is 0.108. The van der Waals surface area contributed by atoms with Gasteiger partial charge in [0.2, 0.25) is 0 Å². The molecule has 3 aromatic carbocycles. The summed E-state index contributed by atoms with van der Waals surface area (Å²) in [5.41, 5.74) is 4.97. The monoisotopic (exact) mass is 410 g/mol. The third kappa shape index (κ3) is 4.67. The van der Waals surface area contributed by atoms with E-state index in [1.165, 1.54) is 0 Å². The van der Waals surface area contributed by atoms with Crippen LogP contribution in [0.4, 0.5) is 10.6 Å². The number of carbonyl (C=O) groups excluding carboxylic acids is 1. The van der Waals surface area contributed by atoms with Crippen LogP contribution in [0.25, 0.3) is 22.3 Å². The number of ether oxygens (including phenoxy) is 1. The Balaban J connectivity index is 1.52. The summed E-state index contributed by atoms with van der Waals surface area (Å²) in [6.07, 6.45) is 1.63. The second-order valence-electron chi connectivity index (χ2n) is 7.24. The number of anilines is 1. The SMILES string of the molecule is CCC(OC(=O)Nc1c(-c2ccc(-c3c[c]ccc3)cc2)cnn1C)c1ccccc1. The summed E-state index contributed by atoms with van der Waals surface area (Å²) >= 11 is 0. The van der Waals surface area contributed by atoms with Crippen LogP contribution in [0.5, 0.6) is 0 Å². The number of hydrogen-bond donors (Lipinski definition) is 1. The van der Waals surface area contributed by atoms with Crippen LogP contribution in [-0.2, 0) is 11.8 Å². The van der Waals surface area contributed by atoms with Crippen molar-refractivity contribution >= 4 is 11.9 Å². The van der Waals surface area contributed by atoms with Gasteiger partial charge in [-0.1, -0.05) is 79.7 Å².